The van der Waals surface area contributed by atoms with Crippen molar-refractivity contribution in [3.63, 3.8) is 0 Å². The Bertz CT molecular complexity index is 812. The summed E-state index contributed by atoms with van der Waals surface area (Å²) in [5.41, 5.74) is 6.24. The van der Waals surface area contributed by atoms with E-state index < -0.39 is 5.92 Å². The molecule has 1 atom stereocenters. The number of carbonyl (C=O) groups is 1. The normalized spacial score (nSPS) is 17.6. The van der Waals surface area contributed by atoms with Crippen molar-refractivity contribution in [2.24, 2.45) is 0 Å². The van der Waals surface area contributed by atoms with E-state index in [2.05, 4.69) is 0 Å². The lowest BCUT2D eigenvalue weighted by Gasteiger charge is -2.38. The third-order valence-electron chi connectivity index (χ3n) is 4.40. The topological polar surface area (TPSA) is 40.1 Å². The molecular formula is C20H19O2-. The van der Waals surface area contributed by atoms with E-state index in [0.29, 0.717) is 5.57 Å². The van der Waals surface area contributed by atoms with Gasteiger partial charge in [0.15, 0.2) is 5.78 Å². The Morgan fingerprint density at radius 1 is 0.864 bits per heavy atom. The van der Waals surface area contributed by atoms with E-state index in [0.717, 1.165) is 33.4 Å². The van der Waals surface area contributed by atoms with Gasteiger partial charge in [-0.3, -0.25) is 4.79 Å². The predicted octanol–water partition coefficient (Wildman–Crippen LogP) is 3.36. The van der Waals surface area contributed by atoms with Gasteiger partial charge in [0.25, 0.3) is 0 Å². The number of ketones is 1. The van der Waals surface area contributed by atoms with E-state index in [4.69, 9.17) is 0 Å². The second-order valence-corrected chi connectivity index (χ2v) is 6.21. The molecule has 0 fully saturated rings. The molecule has 3 rings (SSSR count). The molecule has 0 aliphatic heterocycles. The number of hydrogen-bond acceptors (Lipinski definition) is 2. The van der Waals surface area contributed by atoms with Crippen LogP contribution in [0, 0.1) is 27.7 Å². The average Bonchev–Trinajstić information content (AvgIpc) is 2.45. The van der Waals surface area contributed by atoms with Gasteiger partial charge >= 0.3 is 0 Å². The van der Waals surface area contributed by atoms with Crippen molar-refractivity contribution in [1.29, 1.82) is 0 Å². The summed E-state index contributed by atoms with van der Waals surface area (Å²) < 4.78 is 0. The van der Waals surface area contributed by atoms with Crippen LogP contribution < -0.4 is 5.11 Å². The average molecular weight is 291 g/mol. The maximum Gasteiger partial charge on any atom is 0.173 e. The van der Waals surface area contributed by atoms with Crippen molar-refractivity contribution in [3.8, 4) is 0 Å². The predicted molar refractivity (Wildman–Crippen MR) is 86.5 cm³/mol. The highest BCUT2D eigenvalue weighted by Crippen LogP contribution is 2.43. The maximum absolute atomic E-state index is 12.6. The number of hydrogen-bond donors (Lipinski definition) is 0. The summed E-state index contributed by atoms with van der Waals surface area (Å²) in [6.45, 7) is 7.91. The number of aryl methyl sites for hydroxylation is 4. The molecular weight excluding hydrogens is 272 g/mol. The summed E-state index contributed by atoms with van der Waals surface area (Å²) in [6, 6.07) is 11.7. The fourth-order valence-corrected chi connectivity index (χ4v) is 3.24. The number of carbonyl (C=O) groups excluding carboxylic acids is 1. The molecule has 0 amide bonds. The van der Waals surface area contributed by atoms with Crippen molar-refractivity contribution >= 4 is 11.4 Å². The summed E-state index contributed by atoms with van der Waals surface area (Å²) in [7, 11) is 0. The van der Waals surface area contributed by atoms with Gasteiger partial charge in [0.1, 0.15) is 0 Å². The highest BCUT2D eigenvalue weighted by Gasteiger charge is 2.36. The lowest BCUT2D eigenvalue weighted by Crippen LogP contribution is -2.35. The molecule has 1 aliphatic rings. The molecule has 0 radical (unpaired) electrons. The molecule has 22 heavy (non-hydrogen) atoms. The van der Waals surface area contributed by atoms with Crippen molar-refractivity contribution in [3.05, 3.63) is 75.5 Å². The second-order valence-electron chi connectivity index (χ2n) is 6.21. The van der Waals surface area contributed by atoms with Gasteiger partial charge in [-0.05, 0) is 49.9 Å². The molecule has 2 aromatic carbocycles. The van der Waals surface area contributed by atoms with Gasteiger partial charge in [-0.1, -0.05) is 47.5 Å². The molecule has 0 N–H and O–H groups in total. The molecule has 2 nitrogen and oxygen atoms in total. The van der Waals surface area contributed by atoms with E-state index in [-0.39, 0.29) is 11.5 Å². The van der Waals surface area contributed by atoms with Gasteiger partial charge in [0.05, 0.1) is 5.92 Å². The van der Waals surface area contributed by atoms with Gasteiger partial charge in [-0.2, -0.15) is 0 Å². The van der Waals surface area contributed by atoms with Gasteiger partial charge in [-0.15, -0.1) is 5.76 Å². The first-order valence-corrected chi connectivity index (χ1v) is 7.50. The summed E-state index contributed by atoms with van der Waals surface area (Å²) in [4.78, 5) is 12.6. The highest BCUT2D eigenvalue weighted by molar-refractivity contribution is 6.32. The SMILES string of the molecule is Cc1ccc(C2=C([O-])C(c3ccc(C)cc3C)C2=O)c(C)c1. The van der Waals surface area contributed by atoms with Crippen molar-refractivity contribution in [2.75, 3.05) is 0 Å². The Hall–Kier alpha value is -2.35. The summed E-state index contributed by atoms with van der Waals surface area (Å²) in [5.74, 6) is -0.718. The molecule has 112 valence electrons. The van der Waals surface area contributed by atoms with E-state index in [9.17, 15) is 9.90 Å². The molecule has 2 heteroatoms. The van der Waals surface area contributed by atoms with Gasteiger partial charge < -0.3 is 5.11 Å². The Kier molecular flexibility index (Phi) is 3.40. The minimum absolute atomic E-state index is 0.0519. The number of allylic oxidation sites excluding steroid dienone is 2. The van der Waals surface area contributed by atoms with Gasteiger partial charge in [0, 0.05) is 5.57 Å². The van der Waals surface area contributed by atoms with Crippen LogP contribution in [-0.4, -0.2) is 5.78 Å². The molecule has 0 heterocycles. The molecule has 0 bridgehead atoms. The van der Waals surface area contributed by atoms with Crippen LogP contribution in [-0.2, 0) is 4.79 Å². The minimum atomic E-state index is -0.615. The van der Waals surface area contributed by atoms with Crippen LogP contribution in [0.2, 0.25) is 0 Å². The standard InChI is InChI=1S/C20H20O2/c1-11-5-7-15(13(3)9-11)17-19(21)18(20(17)22)16-8-6-12(2)10-14(16)4/h5-10,17,21H,1-4H3/p-1. The largest absolute Gasteiger partial charge is 0.874 e. The van der Waals surface area contributed by atoms with Crippen LogP contribution in [0.25, 0.3) is 5.57 Å². The van der Waals surface area contributed by atoms with Crippen molar-refractivity contribution in [1.82, 2.24) is 0 Å². The van der Waals surface area contributed by atoms with Crippen molar-refractivity contribution in [2.45, 2.75) is 33.6 Å². The molecule has 0 saturated heterocycles. The molecule has 1 aliphatic carbocycles. The van der Waals surface area contributed by atoms with E-state index in [1.165, 1.54) is 0 Å². The highest BCUT2D eigenvalue weighted by atomic mass is 16.3. The molecule has 0 saturated carbocycles. The maximum atomic E-state index is 12.6. The van der Waals surface area contributed by atoms with Gasteiger partial charge in [-0.25, -0.2) is 0 Å². The lowest BCUT2D eigenvalue weighted by molar-refractivity contribution is -0.310. The quantitative estimate of drug-likeness (QED) is 0.851. The summed E-state index contributed by atoms with van der Waals surface area (Å²) in [6.07, 6.45) is 0. The third-order valence-corrected chi connectivity index (χ3v) is 4.40. The smallest absolute Gasteiger partial charge is 0.173 e. The molecule has 0 spiro atoms. The van der Waals surface area contributed by atoms with Crippen LogP contribution in [0.1, 0.15) is 39.3 Å². The zero-order valence-electron chi connectivity index (χ0n) is 13.4. The van der Waals surface area contributed by atoms with E-state index in [1.807, 2.05) is 64.1 Å². The minimum Gasteiger partial charge on any atom is -0.874 e. The first-order valence-electron chi connectivity index (χ1n) is 7.50. The van der Waals surface area contributed by atoms with Crippen LogP contribution >= 0.6 is 0 Å². The molecule has 2 aromatic rings. The Morgan fingerprint density at radius 2 is 1.45 bits per heavy atom. The van der Waals surface area contributed by atoms with Crippen LogP contribution in [0.4, 0.5) is 0 Å². The fourth-order valence-electron chi connectivity index (χ4n) is 3.24. The Labute approximate surface area is 131 Å². The number of Topliss-reactive ketones (excluding diaryl/α,β-unsaturated/α-hetero) is 1. The van der Waals surface area contributed by atoms with Gasteiger partial charge in [0.2, 0.25) is 0 Å². The monoisotopic (exact) mass is 291 g/mol. The lowest BCUT2D eigenvalue weighted by atomic mass is 9.73. The first kappa shape index (κ1) is 14.6. The van der Waals surface area contributed by atoms with Crippen LogP contribution in [0.15, 0.2) is 42.2 Å². The van der Waals surface area contributed by atoms with Crippen LogP contribution in [0.3, 0.4) is 0 Å². The molecule has 1 unspecified atom stereocenters. The van der Waals surface area contributed by atoms with E-state index in [1.54, 1.807) is 0 Å². The zero-order chi connectivity index (χ0) is 16.0. The number of rotatable bonds is 2. The van der Waals surface area contributed by atoms with E-state index >= 15 is 0 Å². The van der Waals surface area contributed by atoms with Crippen LogP contribution in [0.5, 0.6) is 0 Å². The summed E-state index contributed by atoms with van der Waals surface area (Å²) in [5, 5.41) is 12.6. The van der Waals surface area contributed by atoms with Crippen molar-refractivity contribution < 1.29 is 9.90 Å². The Balaban J connectivity index is 2.06. The first-order chi connectivity index (χ1) is 10.4. The third kappa shape index (κ3) is 2.16. The Morgan fingerprint density at radius 3 is 2.00 bits per heavy atom. The summed E-state index contributed by atoms with van der Waals surface area (Å²) >= 11 is 0. The second kappa shape index (κ2) is 5.13. The fraction of sp³-hybridized carbons (Fsp3) is 0.250. The molecule has 0 aromatic heterocycles. The number of benzene rings is 2. The zero-order valence-corrected chi connectivity index (χ0v) is 13.4.